The zero-order valence-electron chi connectivity index (χ0n) is 24.4. The summed E-state index contributed by atoms with van der Waals surface area (Å²) in [5, 5.41) is 0. The summed E-state index contributed by atoms with van der Waals surface area (Å²) in [5.74, 6) is 1.45. The van der Waals surface area contributed by atoms with E-state index in [0.29, 0.717) is 5.56 Å². The van der Waals surface area contributed by atoms with Crippen LogP contribution < -0.4 is 4.74 Å². The molecule has 1 aromatic rings. The Morgan fingerprint density at radius 1 is 0.842 bits per heavy atom. The SMILES string of the molecule is CCCC1CCC(OC(=O)c2ccc(OCCCCCCCCCCCCOCCC3(C)CO3)cc2)CC1. The van der Waals surface area contributed by atoms with Gasteiger partial charge in [0.05, 0.1) is 24.4 Å². The number of unbranched alkanes of at least 4 members (excludes halogenated alkanes) is 9. The second-order valence-electron chi connectivity index (χ2n) is 11.8. The number of hydrogen-bond donors (Lipinski definition) is 0. The first-order chi connectivity index (χ1) is 18.6. The second kappa shape index (κ2) is 17.9. The van der Waals surface area contributed by atoms with Crippen molar-refractivity contribution < 1.29 is 23.7 Å². The number of rotatable bonds is 21. The summed E-state index contributed by atoms with van der Waals surface area (Å²) in [5.41, 5.74) is 0.750. The maximum atomic E-state index is 12.5. The predicted octanol–water partition coefficient (Wildman–Crippen LogP) is 8.68. The number of epoxide rings is 1. The van der Waals surface area contributed by atoms with E-state index in [-0.39, 0.29) is 17.7 Å². The lowest BCUT2D eigenvalue weighted by molar-refractivity contribution is 0.0161. The molecule has 1 aliphatic heterocycles. The maximum absolute atomic E-state index is 12.5. The molecule has 0 amide bonds. The second-order valence-corrected chi connectivity index (χ2v) is 11.8. The Labute approximate surface area is 232 Å². The van der Waals surface area contributed by atoms with Gasteiger partial charge in [-0.15, -0.1) is 0 Å². The standard InChI is InChI=1S/C33H54O5/c1-3-14-28-15-19-31(20-16-28)38-32(34)29-17-21-30(22-18-29)36-25-13-11-9-7-5-4-6-8-10-12-24-35-26-23-33(2)27-37-33/h17-18,21-22,28,31H,3-16,19-20,23-27H2,1-2H3. The number of carbonyl (C=O) groups excluding carboxylic acids is 1. The summed E-state index contributed by atoms with van der Waals surface area (Å²) in [6, 6.07) is 7.45. The fourth-order valence-corrected chi connectivity index (χ4v) is 5.42. The number of hydrogen-bond acceptors (Lipinski definition) is 5. The molecular formula is C33H54O5. The quantitative estimate of drug-likeness (QED) is 0.0904. The van der Waals surface area contributed by atoms with E-state index >= 15 is 0 Å². The van der Waals surface area contributed by atoms with Crippen molar-refractivity contribution >= 4 is 5.97 Å². The Bertz CT molecular complexity index is 749. The van der Waals surface area contributed by atoms with Gasteiger partial charge in [-0.05, 0) is 75.6 Å². The van der Waals surface area contributed by atoms with Gasteiger partial charge in [-0.1, -0.05) is 71.1 Å². The number of carbonyl (C=O) groups is 1. The Hall–Kier alpha value is -1.59. The van der Waals surface area contributed by atoms with E-state index in [1.807, 2.05) is 24.3 Å². The summed E-state index contributed by atoms with van der Waals surface area (Å²) >= 11 is 0. The van der Waals surface area contributed by atoms with Crippen LogP contribution in [0.5, 0.6) is 5.75 Å². The van der Waals surface area contributed by atoms with Gasteiger partial charge in [-0.3, -0.25) is 0 Å². The van der Waals surface area contributed by atoms with E-state index in [4.69, 9.17) is 18.9 Å². The first-order valence-electron chi connectivity index (χ1n) is 15.7. The lowest BCUT2D eigenvalue weighted by Crippen LogP contribution is -2.24. The van der Waals surface area contributed by atoms with Crippen molar-refractivity contribution in [2.75, 3.05) is 26.4 Å². The van der Waals surface area contributed by atoms with Crippen LogP contribution in [0.25, 0.3) is 0 Å². The van der Waals surface area contributed by atoms with Crippen LogP contribution in [0.2, 0.25) is 0 Å². The van der Waals surface area contributed by atoms with E-state index in [2.05, 4.69) is 13.8 Å². The van der Waals surface area contributed by atoms with Crippen molar-refractivity contribution in [3.63, 3.8) is 0 Å². The first kappa shape index (κ1) is 30.9. The first-order valence-corrected chi connectivity index (χ1v) is 15.7. The minimum atomic E-state index is -0.200. The maximum Gasteiger partial charge on any atom is 0.338 e. The molecule has 1 aromatic carbocycles. The average Bonchev–Trinajstić information content (AvgIpc) is 3.67. The Balaban J connectivity index is 1.09. The Morgan fingerprint density at radius 2 is 1.42 bits per heavy atom. The van der Waals surface area contributed by atoms with Gasteiger partial charge in [0.1, 0.15) is 11.9 Å². The third-order valence-electron chi connectivity index (χ3n) is 8.22. The Morgan fingerprint density at radius 3 is 2.00 bits per heavy atom. The van der Waals surface area contributed by atoms with Crippen molar-refractivity contribution in [3.05, 3.63) is 29.8 Å². The summed E-state index contributed by atoms with van der Waals surface area (Å²) < 4.78 is 22.7. The number of benzene rings is 1. The van der Waals surface area contributed by atoms with Crippen molar-refractivity contribution in [1.29, 1.82) is 0 Å². The molecule has 0 aromatic heterocycles. The summed E-state index contributed by atoms with van der Waals surface area (Å²) in [6.45, 7) is 7.78. The van der Waals surface area contributed by atoms with Gasteiger partial charge in [-0.25, -0.2) is 4.79 Å². The van der Waals surface area contributed by atoms with Crippen molar-refractivity contribution in [2.24, 2.45) is 5.92 Å². The van der Waals surface area contributed by atoms with Gasteiger partial charge >= 0.3 is 5.97 Å². The summed E-state index contributed by atoms with van der Waals surface area (Å²) in [6.07, 6.45) is 20.8. The highest BCUT2D eigenvalue weighted by atomic mass is 16.6. The van der Waals surface area contributed by atoms with E-state index < -0.39 is 0 Å². The average molecular weight is 531 g/mol. The van der Waals surface area contributed by atoms with Gasteiger partial charge < -0.3 is 18.9 Å². The highest BCUT2D eigenvalue weighted by Crippen LogP contribution is 2.30. The van der Waals surface area contributed by atoms with Gasteiger partial charge in [0.25, 0.3) is 0 Å². The predicted molar refractivity (Wildman–Crippen MR) is 154 cm³/mol. The molecule has 38 heavy (non-hydrogen) atoms. The summed E-state index contributed by atoms with van der Waals surface area (Å²) in [7, 11) is 0. The summed E-state index contributed by atoms with van der Waals surface area (Å²) in [4.78, 5) is 12.5. The van der Waals surface area contributed by atoms with Crippen LogP contribution in [0.1, 0.15) is 133 Å². The van der Waals surface area contributed by atoms with Crippen LogP contribution in [0, 0.1) is 5.92 Å². The topological polar surface area (TPSA) is 57.3 Å². The van der Waals surface area contributed by atoms with Crippen LogP contribution in [0.4, 0.5) is 0 Å². The Kier molecular flexibility index (Phi) is 14.6. The number of ether oxygens (including phenoxy) is 4. The zero-order valence-corrected chi connectivity index (χ0v) is 24.4. The fourth-order valence-electron chi connectivity index (χ4n) is 5.42. The molecule has 3 rings (SSSR count). The van der Waals surface area contributed by atoms with E-state index in [0.717, 1.165) is 63.8 Å². The molecule has 1 heterocycles. The molecule has 2 aliphatic rings. The number of esters is 1. The van der Waals surface area contributed by atoms with Crippen LogP contribution in [-0.2, 0) is 14.2 Å². The molecule has 1 unspecified atom stereocenters. The molecule has 5 heteroatoms. The molecule has 0 radical (unpaired) electrons. The minimum absolute atomic E-state index is 0.0816. The highest BCUT2D eigenvalue weighted by molar-refractivity contribution is 5.89. The molecule has 5 nitrogen and oxygen atoms in total. The highest BCUT2D eigenvalue weighted by Gasteiger charge is 2.38. The molecular weight excluding hydrogens is 476 g/mol. The third-order valence-corrected chi connectivity index (χ3v) is 8.22. The lowest BCUT2D eigenvalue weighted by Gasteiger charge is -2.28. The van der Waals surface area contributed by atoms with E-state index in [9.17, 15) is 4.79 Å². The van der Waals surface area contributed by atoms with Gasteiger partial charge in [0.15, 0.2) is 0 Å². The van der Waals surface area contributed by atoms with Crippen LogP contribution in [0.3, 0.4) is 0 Å². The monoisotopic (exact) mass is 530 g/mol. The van der Waals surface area contributed by atoms with Crippen LogP contribution >= 0.6 is 0 Å². The molecule has 0 bridgehead atoms. The zero-order chi connectivity index (χ0) is 26.9. The fraction of sp³-hybridized carbons (Fsp3) is 0.788. The molecule has 1 saturated heterocycles. The van der Waals surface area contributed by atoms with Gasteiger partial charge in [0.2, 0.25) is 0 Å². The third kappa shape index (κ3) is 13.0. The molecule has 1 atom stereocenters. The normalized spacial score (nSPS) is 22.8. The van der Waals surface area contributed by atoms with Crippen molar-refractivity contribution in [2.45, 2.75) is 135 Å². The van der Waals surface area contributed by atoms with E-state index in [1.165, 1.54) is 83.5 Å². The van der Waals surface area contributed by atoms with Gasteiger partial charge in [-0.2, -0.15) is 0 Å². The molecule has 216 valence electrons. The largest absolute Gasteiger partial charge is 0.494 e. The molecule has 2 fully saturated rings. The molecule has 0 spiro atoms. The van der Waals surface area contributed by atoms with Gasteiger partial charge in [0, 0.05) is 19.6 Å². The van der Waals surface area contributed by atoms with E-state index in [1.54, 1.807) is 0 Å². The minimum Gasteiger partial charge on any atom is -0.494 e. The molecule has 1 saturated carbocycles. The smallest absolute Gasteiger partial charge is 0.338 e. The molecule has 1 aliphatic carbocycles. The van der Waals surface area contributed by atoms with Crippen molar-refractivity contribution in [1.82, 2.24) is 0 Å². The lowest BCUT2D eigenvalue weighted by atomic mass is 9.85. The van der Waals surface area contributed by atoms with Crippen LogP contribution in [-0.4, -0.2) is 44.1 Å². The van der Waals surface area contributed by atoms with Crippen molar-refractivity contribution in [3.8, 4) is 5.75 Å². The van der Waals surface area contributed by atoms with Crippen LogP contribution in [0.15, 0.2) is 24.3 Å². The molecule has 0 N–H and O–H groups in total.